The lowest BCUT2D eigenvalue weighted by Crippen LogP contribution is -2.20. The van der Waals surface area contributed by atoms with Gasteiger partial charge in [-0.1, -0.05) is 29.9 Å². The van der Waals surface area contributed by atoms with Crippen LogP contribution in [0.3, 0.4) is 0 Å². The Morgan fingerprint density at radius 3 is 2.70 bits per heavy atom. The Bertz CT molecular complexity index is 806. The van der Waals surface area contributed by atoms with Gasteiger partial charge in [0.2, 0.25) is 0 Å². The van der Waals surface area contributed by atoms with Crippen LogP contribution in [0.4, 0.5) is 0 Å². The normalized spacial score (nSPS) is 14.1. The average Bonchev–Trinajstić information content (AvgIpc) is 2.49. The van der Waals surface area contributed by atoms with Crippen LogP contribution in [0.1, 0.15) is 39.3 Å². The second-order valence-corrected chi connectivity index (χ2v) is 6.52. The molecule has 2 rings (SSSR count). The molecule has 0 saturated heterocycles. The van der Waals surface area contributed by atoms with Crippen molar-refractivity contribution in [2.45, 2.75) is 39.2 Å². The summed E-state index contributed by atoms with van der Waals surface area (Å²) in [5.74, 6) is 0. The molecule has 2 aromatic rings. The summed E-state index contributed by atoms with van der Waals surface area (Å²) in [5, 5.41) is 11.2. The highest BCUT2D eigenvalue weighted by molar-refractivity contribution is 5.80. The van der Waals surface area contributed by atoms with E-state index < -0.39 is 5.60 Å². The van der Waals surface area contributed by atoms with Crippen LogP contribution in [0.15, 0.2) is 52.9 Å². The molecule has 0 aliphatic heterocycles. The first-order chi connectivity index (χ1) is 10.8. The fourth-order valence-electron chi connectivity index (χ4n) is 2.58. The van der Waals surface area contributed by atoms with Gasteiger partial charge >= 0.3 is 0 Å². The van der Waals surface area contributed by atoms with Crippen LogP contribution in [-0.4, -0.2) is 15.3 Å². The van der Waals surface area contributed by atoms with Gasteiger partial charge in [-0.15, -0.1) is 0 Å². The predicted molar refractivity (Wildman–Crippen MR) is 97.5 cm³/mol. The molecule has 23 heavy (non-hydrogen) atoms. The van der Waals surface area contributed by atoms with Crippen molar-refractivity contribution in [1.29, 1.82) is 0 Å². The number of hydrogen-bond acceptors (Lipinski definition) is 2. The van der Waals surface area contributed by atoms with Gasteiger partial charge in [-0.25, -0.2) is 0 Å². The van der Waals surface area contributed by atoms with E-state index in [-0.39, 0.29) is 5.43 Å². The number of para-hydroxylation sites is 1. The van der Waals surface area contributed by atoms with E-state index >= 15 is 0 Å². The molecule has 0 radical (unpaired) electrons. The highest BCUT2D eigenvalue weighted by Gasteiger charge is 2.15. The molecule has 0 aliphatic carbocycles. The van der Waals surface area contributed by atoms with E-state index in [9.17, 15) is 9.90 Å². The first-order valence-electron chi connectivity index (χ1n) is 7.94. The summed E-state index contributed by atoms with van der Waals surface area (Å²) in [6, 6.07) is 9.17. The van der Waals surface area contributed by atoms with Gasteiger partial charge in [-0.3, -0.25) is 4.79 Å². The first-order valence-corrected chi connectivity index (χ1v) is 7.94. The maximum Gasteiger partial charge on any atom is 0.190 e. The lowest BCUT2D eigenvalue weighted by Gasteiger charge is -2.18. The van der Waals surface area contributed by atoms with E-state index in [4.69, 9.17) is 0 Å². The highest BCUT2D eigenvalue weighted by atomic mass is 16.3. The van der Waals surface area contributed by atoms with Gasteiger partial charge in [-0.05, 0) is 51.8 Å². The number of allylic oxidation sites excluding steroid dienone is 2. The largest absolute Gasteiger partial charge is 0.386 e. The zero-order valence-electron chi connectivity index (χ0n) is 14.3. The topological polar surface area (TPSA) is 42.2 Å². The molecule has 122 valence electrons. The minimum absolute atomic E-state index is 0.00235. The van der Waals surface area contributed by atoms with Crippen molar-refractivity contribution >= 4 is 17.0 Å². The summed E-state index contributed by atoms with van der Waals surface area (Å²) < 4.78 is 1.97. The molecule has 0 amide bonds. The van der Waals surface area contributed by atoms with Crippen LogP contribution in [0, 0.1) is 0 Å². The summed E-state index contributed by atoms with van der Waals surface area (Å²) in [6.45, 7) is 5.90. The molecule has 0 saturated carbocycles. The smallest absolute Gasteiger partial charge is 0.190 e. The molecule has 3 nitrogen and oxygen atoms in total. The van der Waals surface area contributed by atoms with E-state index in [1.54, 1.807) is 19.1 Å². The van der Waals surface area contributed by atoms with Gasteiger partial charge in [0.15, 0.2) is 5.43 Å². The summed E-state index contributed by atoms with van der Waals surface area (Å²) in [6.07, 6.45) is 7.20. The average molecular weight is 311 g/mol. The molecule has 0 fully saturated rings. The number of nitrogens with zero attached hydrogens (tertiary/aromatic N) is 1. The lowest BCUT2D eigenvalue weighted by molar-refractivity contribution is 0.104. The zero-order valence-corrected chi connectivity index (χ0v) is 14.3. The van der Waals surface area contributed by atoms with Crippen molar-refractivity contribution < 1.29 is 5.11 Å². The first kappa shape index (κ1) is 17.2. The van der Waals surface area contributed by atoms with Crippen molar-refractivity contribution in [3.8, 4) is 0 Å². The Kier molecular flexibility index (Phi) is 5.22. The molecule has 1 heterocycles. The third-order valence-electron chi connectivity index (χ3n) is 4.01. The molecule has 1 atom stereocenters. The SMILES string of the molecule is CC(C)=CCCC(C)(O)/C=C/c1cc(=O)c2ccccc2n1C. The number of pyridine rings is 1. The Balaban J connectivity index is 2.29. The summed E-state index contributed by atoms with van der Waals surface area (Å²) >= 11 is 0. The Hall–Kier alpha value is -2.13. The predicted octanol–water partition coefficient (Wildman–Crippen LogP) is 4.05. The molecule has 0 spiro atoms. The highest BCUT2D eigenvalue weighted by Crippen LogP contribution is 2.18. The standard InChI is InChI=1S/C20H25NO2/c1-15(2)8-7-12-20(3,23)13-11-16-14-19(22)17-9-5-6-10-18(17)21(16)4/h5-6,8-11,13-14,23H,7,12H2,1-4H3/b13-11+. The number of benzene rings is 1. The van der Waals surface area contributed by atoms with E-state index in [1.807, 2.05) is 42.0 Å². The van der Waals surface area contributed by atoms with Gasteiger partial charge < -0.3 is 9.67 Å². The van der Waals surface area contributed by atoms with Crippen LogP contribution in [-0.2, 0) is 7.05 Å². The maximum atomic E-state index is 12.2. The van der Waals surface area contributed by atoms with Crippen molar-refractivity contribution in [3.63, 3.8) is 0 Å². The van der Waals surface area contributed by atoms with Gasteiger partial charge in [-0.2, -0.15) is 0 Å². The molecular formula is C20H25NO2. The molecule has 1 unspecified atom stereocenters. The Labute approximate surface area is 137 Å². The van der Waals surface area contributed by atoms with E-state index in [2.05, 4.69) is 19.9 Å². The summed E-state index contributed by atoms with van der Waals surface area (Å²) in [5.41, 5.74) is 2.04. The van der Waals surface area contributed by atoms with Crippen LogP contribution >= 0.6 is 0 Å². The fraction of sp³-hybridized carbons (Fsp3) is 0.350. The number of aliphatic hydroxyl groups is 1. The maximum absolute atomic E-state index is 12.2. The van der Waals surface area contributed by atoms with Gasteiger partial charge in [0.25, 0.3) is 0 Å². The second-order valence-electron chi connectivity index (χ2n) is 6.52. The van der Waals surface area contributed by atoms with Crippen molar-refractivity contribution in [3.05, 3.63) is 64.0 Å². The number of hydrogen-bond donors (Lipinski definition) is 1. The Morgan fingerprint density at radius 2 is 2.00 bits per heavy atom. The molecule has 3 heteroatoms. The van der Waals surface area contributed by atoms with Gasteiger partial charge in [0, 0.05) is 24.2 Å². The van der Waals surface area contributed by atoms with Gasteiger partial charge in [0.05, 0.1) is 11.1 Å². The third-order valence-corrected chi connectivity index (χ3v) is 4.01. The monoisotopic (exact) mass is 311 g/mol. The molecular weight excluding hydrogens is 286 g/mol. The molecule has 1 aromatic carbocycles. The second kappa shape index (κ2) is 6.97. The lowest BCUT2D eigenvalue weighted by atomic mass is 9.98. The fourth-order valence-corrected chi connectivity index (χ4v) is 2.58. The number of aryl methyl sites for hydroxylation is 1. The van der Waals surface area contributed by atoms with E-state index in [0.717, 1.165) is 17.6 Å². The van der Waals surface area contributed by atoms with Crippen molar-refractivity contribution in [2.24, 2.45) is 7.05 Å². The van der Waals surface area contributed by atoms with Crippen LogP contribution in [0.25, 0.3) is 17.0 Å². The van der Waals surface area contributed by atoms with Crippen molar-refractivity contribution in [2.75, 3.05) is 0 Å². The third kappa shape index (κ3) is 4.42. The molecule has 1 N–H and O–H groups in total. The minimum atomic E-state index is -0.895. The molecule has 0 bridgehead atoms. The van der Waals surface area contributed by atoms with E-state index in [1.165, 1.54) is 5.57 Å². The molecule has 0 aliphatic rings. The number of rotatable bonds is 5. The minimum Gasteiger partial charge on any atom is -0.386 e. The zero-order chi connectivity index (χ0) is 17.0. The Morgan fingerprint density at radius 1 is 1.30 bits per heavy atom. The number of aromatic nitrogens is 1. The summed E-state index contributed by atoms with van der Waals surface area (Å²) in [7, 11) is 1.93. The quantitative estimate of drug-likeness (QED) is 0.847. The summed E-state index contributed by atoms with van der Waals surface area (Å²) in [4.78, 5) is 12.2. The van der Waals surface area contributed by atoms with Gasteiger partial charge in [0.1, 0.15) is 0 Å². The van der Waals surface area contributed by atoms with Crippen molar-refractivity contribution in [1.82, 2.24) is 4.57 Å². The van der Waals surface area contributed by atoms with Crippen LogP contribution in [0.2, 0.25) is 0 Å². The van der Waals surface area contributed by atoms with Crippen LogP contribution < -0.4 is 5.43 Å². The van der Waals surface area contributed by atoms with Crippen LogP contribution in [0.5, 0.6) is 0 Å². The van der Waals surface area contributed by atoms with E-state index in [0.29, 0.717) is 11.8 Å². The number of fused-ring (bicyclic) bond motifs is 1. The molecule has 1 aromatic heterocycles.